The van der Waals surface area contributed by atoms with Crippen molar-refractivity contribution in [3.8, 4) is 0 Å². The van der Waals surface area contributed by atoms with E-state index in [0.717, 1.165) is 10.5 Å². The molecule has 0 bridgehead atoms. The van der Waals surface area contributed by atoms with Crippen LogP contribution in [-0.2, 0) is 25.7 Å². The van der Waals surface area contributed by atoms with E-state index >= 15 is 0 Å². The molecule has 1 unspecified atom stereocenters. The zero-order chi connectivity index (χ0) is 25.3. The molecule has 3 N–H and O–H groups in total. The van der Waals surface area contributed by atoms with Crippen LogP contribution in [0.2, 0.25) is 0 Å². The van der Waals surface area contributed by atoms with Crippen molar-refractivity contribution >= 4 is 24.0 Å². The molecule has 34 heavy (non-hydrogen) atoms. The molecule has 0 radical (unpaired) electrons. The van der Waals surface area contributed by atoms with E-state index in [4.69, 9.17) is 9.47 Å². The van der Waals surface area contributed by atoms with Gasteiger partial charge in [0.15, 0.2) is 0 Å². The van der Waals surface area contributed by atoms with E-state index in [1.54, 1.807) is 20.8 Å². The molecule has 188 valence electrons. The fourth-order valence-electron chi connectivity index (χ4n) is 3.39. The summed E-state index contributed by atoms with van der Waals surface area (Å²) in [7, 11) is 0. The average molecular weight is 477 g/mol. The second kappa shape index (κ2) is 12.4. The molecule has 1 aliphatic heterocycles. The van der Waals surface area contributed by atoms with Gasteiger partial charge < -0.3 is 14.8 Å². The van der Waals surface area contributed by atoms with Crippen molar-refractivity contribution in [3.63, 3.8) is 0 Å². The van der Waals surface area contributed by atoms with E-state index in [1.807, 2.05) is 44.2 Å². The van der Waals surface area contributed by atoms with Gasteiger partial charge in [0.2, 0.25) is 5.91 Å². The largest absolute Gasteiger partial charge is 0.445 e. The number of hydrogen-bond donors (Lipinski definition) is 3. The van der Waals surface area contributed by atoms with E-state index < -0.39 is 35.7 Å². The van der Waals surface area contributed by atoms with Crippen LogP contribution in [0.5, 0.6) is 0 Å². The zero-order valence-electron chi connectivity index (χ0n) is 20.6. The number of ether oxygens (including phenoxy) is 2. The monoisotopic (exact) mass is 476 g/mol. The fraction of sp³-hybridized carbons (Fsp3) is 0.583. The summed E-state index contributed by atoms with van der Waals surface area (Å²) in [5.41, 5.74) is 5.46. The van der Waals surface area contributed by atoms with E-state index in [9.17, 15) is 19.2 Å². The summed E-state index contributed by atoms with van der Waals surface area (Å²) in [6.45, 7) is 9.59. The molecule has 10 nitrogen and oxygen atoms in total. The number of alkyl carbamates (subject to hydrolysis) is 1. The molecular formula is C24H36N4O6. The third-order valence-corrected chi connectivity index (χ3v) is 5.02. The summed E-state index contributed by atoms with van der Waals surface area (Å²) >= 11 is 0. The minimum atomic E-state index is -0.812. The van der Waals surface area contributed by atoms with Crippen molar-refractivity contribution in [2.45, 2.75) is 65.7 Å². The van der Waals surface area contributed by atoms with Crippen LogP contribution in [0, 0.1) is 11.8 Å². The van der Waals surface area contributed by atoms with Gasteiger partial charge in [-0.2, -0.15) is 0 Å². The van der Waals surface area contributed by atoms with E-state index in [0.29, 0.717) is 12.8 Å². The summed E-state index contributed by atoms with van der Waals surface area (Å²) in [5, 5.41) is 2.60. The topological polar surface area (TPSA) is 126 Å². The van der Waals surface area contributed by atoms with Crippen LogP contribution in [0.1, 0.15) is 53.0 Å². The number of hydrazine groups is 1. The van der Waals surface area contributed by atoms with E-state index in [2.05, 4.69) is 16.2 Å². The van der Waals surface area contributed by atoms with Gasteiger partial charge in [-0.05, 0) is 45.1 Å². The van der Waals surface area contributed by atoms with Crippen LogP contribution in [0.3, 0.4) is 0 Å². The first-order valence-electron chi connectivity index (χ1n) is 11.5. The molecule has 10 heteroatoms. The maximum atomic E-state index is 12.7. The zero-order valence-corrected chi connectivity index (χ0v) is 20.6. The minimum Gasteiger partial charge on any atom is -0.445 e. The van der Waals surface area contributed by atoms with Gasteiger partial charge in [-0.3, -0.25) is 15.0 Å². The molecule has 0 saturated carbocycles. The van der Waals surface area contributed by atoms with Crippen molar-refractivity contribution < 1.29 is 28.7 Å². The first kappa shape index (κ1) is 27.1. The van der Waals surface area contributed by atoms with Crippen LogP contribution < -0.4 is 16.2 Å². The highest BCUT2D eigenvalue weighted by Crippen LogP contribution is 2.20. The van der Waals surface area contributed by atoms with Gasteiger partial charge in [-0.25, -0.2) is 19.9 Å². The molecule has 4 amide bonds. The first-order chi connectivity index (χ1) is 16.0. The molecule has 1 saturated heterocycles. The van der Waals surface area contributed by atoms with Gasteiger partial charge >= 0.3 is 12.2 Å². The maximum absolute atomic E-state index is 12.7. The molecular weight excluding hydrogens is 440 g/mol. The lowest BCUT2D eigenvalue weighted by atomic mass is 10.0. The van der Waals surface area contributed by atoms with Gasteiger partial charge in [0, 0.05) is 13.1 Å². The lowest BCUT2D eigenvalue weighted by Gasteiger charge is -2.23. The Morgan fingerprint density at radius 1 is 1.15 bits per heavy atom. The number of amides is 4. The molecule has 1 aliphatic rings. The minimum absolute atomic E-state index is 0.0961. The first-order valence-corrected chi connectivity index (χ1v) is 11.5. The molecule has 2 rings (SSSR count). The van der Waals surface area contributed by atoms with Crippen LogP contribution in [0.4, 0.5) is 9.59 Å². The highest BCUT2D eigenvalue weighted by atomic mass is 16.6. The van der Waals surface area contributed by atoms with E-state index in [-0.39, 0.29) is 31.5 Å². The van der Waals surface area contributed by atoms with Crippen LogP contribution >= 0.6 is 0 Å². The Hall–Kier alpha value is -3.14. The molecule has 0 spiro atoms. The number of carbonyl (C=O) groups is 4. The van der Waals surface area contributed by atoms with Gasteiger partial charge in [0.1, 0.15) is 18.2 Å². The lowest BCUT2D eigenvalue weighted by Crippen LogP contribution is -2.52. The molecule has 1 aromatic rings. The Kier molecular flexibility index (Phi) is 9.85. The number of benzene rings is 1. The van der Waals surface area contributed by atoms with Gasteiger partial charge in [-0.1, -0.05) is 44.2 Å². The van der Waals surface area contributed by atoms with Crippen molar-refractivity contribution in [1.82, 2.24) is 21.1 Å². The highest BCUT2D eigenvalue weighted by Gasteiger charge is 2.37. The highest BCUT2D eigenvalue weighted by molar-refractivity contribution is 5.95. The Morgan fingerprint density at radius 2 is 1.82 bits per heavy atom. The number of hydrogen-bond acceptors (Lipinski definition) is 7. The predicted octanol–water partition coefficient (Wildman–Crippen LogP) is 2.73. The normalized spacial score (nSPS) is 16.8. The predicted molar refractivity (Wildman–Crippen MR) is 125 cm³/mol. The number of imide groups is 1. The summed E-state index contributed by atoms with van der Waals surface area (Å²) in [6.07, 6.45) is -0.494. The van der Waals surface area contributed by atoms with Crippen molar-refractivity contribution in [2.75, 3.05) is 13.1 Å². The number of nitrogens with one attached hydrogen (secondary N) is 3. The number of nitrogens with zero attached hydrogens (tertiary/aromatic N) is 1. The van der Waals surface area contributed by atoms with Crippen LogP contribution in [-0.4, -0.2) is 53.6 Å². The second-order valence-electron chi connectivity index (χ2n) is 9.71. The Bertz CT molecular complexity index is 853. The molecule has 1 aromatic carbocycles. The fourth-order valence-corrected chi connectivity index (χ4v) is 3.39. The SMILES string of the molecule is CC(C)C[C@H](NC(=O)OCc1ccccc1)C(=O)NNCC1CCN(C(=O)OC(C)(C)C)C1=O. The number of carbonyl (C=O) groups excluding carboxylic acids is 4. The van der Waals surface area contributed by atoms with Gasteiger partial charge in [0.05, 0.1) is 5.92 Å². The lowest BCUT2D eigenvalue weighted by molar-refractivity contribution is -0.131. The summed E-state index contributed by atoms with van der Waals surface area (Å²) in [4.78, 5) is 50.7. The molecule has 0 aliphatic carbocycles. The number of rotatable bonds is 9. The Labute approximate surface area is 200 Å². The van der Waals surface area contributed by atoms with Gasteiger partial charge in [0.25, 0.3) is 5.91 Å². The Morgan fingerprint density at radius 3 is 2.44 bits per heavy atom. The van der Waals surface area contributed by atoms with E-state index in [1.165, 1.54) is 0 Å². The molecule has 1 heterocycles. The summed E-state index contributed by atoms with van der Waals surface area (Å²) < 4.78 is 10.5. The van der Waals surface area contributed by atoms with Crippen LogP contribution in [0.15, 0.2) is 30.3 Å². The van der Waals surface area contributed by atoms with Crippen molar-refractivity contribution in [3.05, 3.63) is 35.9 Å². The van der Waals surface area contributed by atoms with Gasteiger partial charge in [-0.15, -0.1) is 0 Å². The molecule has 1 fully saturated rings. The standard InChI is InChI=1S/C24H36N4O6/c1-16(2)13-19(26-22(31)33-15-17-9-7-6-8-10-17)20(29)27-25-14-18-11-12-28(21(18)30)23(32)34-24(3,4)5/h6-10,16,18-19,25H,11-15H2,1-5H3,(H,26,31)(H,27,29)/t18?,19-/m0/s1. The third kappa shape index (κ3) is 9.01. The third-order valence-electron chi connectivity index (χ3n) is 5.02. The second-order valence-corrected chi connectivity index (χ2v) is 9.71. The molecule has 0 aromatic heterocycles. The average Bonchev–Trinajstić information content (AvgIpc) is 3.11. The maximum Gasteiger partial charge on any atom is 0.417 e. The number of likely N-dealkylation sites (tertiary alicyclic amines) is 1. The van der Waals surface area contributed by atoms with Crippen molar-refractivity contribution in [2.24, 2.45) is 11.8 Å². The van der Waals surface area contributed by atoms with Crippen LogP contribution in [0.25, 0.3) is 0 Å². The quantitative estimate of drug-likeness (QED) is 0.468. The smallest absolute Gasteiger partial charge is 0.417 e. The molecule has 2 atom stereocenters. The summed E-state index contributed by atoms with van der Waals surface area (Å²) in [6, 6.07) is 8.42. The van der Waals surface area contributed by atoms with Crippen molar-refractivity contribution in [1.29, 1.82) is 0 Å². The Balaban J connectivity index is 1.81. The summed E-state index contributed by atoms with van der Waals surface area (Å²) in [5.74, 6) is -1.12.